The molecule has 1 aliphatic heterocycles. The first kappa shape index (κ1) is 7.90. The number of nitrogens with two attached hydrogens (primary N) is 1. The van der Waals surface area contributed by atoms with Crippen molar-refractivity contribution in [3.8, 4) is 0 Å². The van der Waals surface area contributed by atoms with Crippen molar-refractivity contribution in [2.45, 2.75) is 24.5 Å². The van der Waals surface area contributed by atoms with Crippen LogP contribution >= 0.6 is 0 Å². The molecule has 1 rings (SSSR count). The van der Waals surface area contributed by atoms with Crippen LogP contribution in [0.2, 0.25) is 0 Å². The highest BCUT2D eigenvalue weighted by Gasteiger charge is 2.34. The SMILES string of the molecule is N[C@@H]1[C@@H](O)[C@H](O)CO[C@@H]1O. The van der Waals surface area contributed by atoms with Crippen molar-refractivity contribution in [1.82, 2.24) is 0 Å². The number of rotatable bonds is 0. The Bertz CT molecular complexity index is 106. The molecule has 0 radical (unpaired) electrons. The first-order valence-corrected chi connectivity index (χ1v) is 3.04. The Labute approximate surface area is 58.0 Å². The van der Waals surface area contributed by atoms with Gasteiger partial charge in [-0.2, -0.15) is 0 Å². The number of ether oxygens (including phenoxy) is 1. The maximum Gasteiger partial charge on any atom is 0.172 e. The van der Waals surface area contributed by atoms with Gasteiger partial charge in [0, 0.05) is 0 Å². The molecule has 60 valence electrons. The quantitative estimate of drug-likeness (QED) is 0.302. The smallest absolute Gasteiger partial charge is 0.172 e. The molecule has 5 heteroatoms. The van der Waals surface area contributed by atoms with Gasteiger partial charge in [0.2, 0.25) is 0 Å². The largest absolute Gasteiger partial charge is 0.389 e. The number of hydrogen-bond donors (Lipinski definition) is 4. The van der Waals surface area contributed by atoms with Crippen molar-refractivity contribution in [3.63, 3.8) is 0 Å². The fourth-order valence-corrected chi connectivity index (χ4v) is 0.832. The Balaban J connectivity index is 2.52. The van der Waals surface area contributed by atoms with E-state index in [-0.39, 0.29) is 6.61 Å². The van der Waals surface area contributed by atoms with E-state index in [0.717, 1.165) is 0 Å². The lowest BCUT2D eigenvalue weighted by Crippen LogP contribution is -2.57. The van der Waals surface area contributed by atoms with Crippen molar-refractivity contribution in [3.05, 3.63) is 0 Å². The van der Waals surface area contributed by atoms with Crippen LogP contribution in [0.5, 0.6) is 0 Å². The summed E-state index contributed by atoms with van der Waals surface area (Å²) in [6.45, 7) is -0.0734. The van der Waals surface area contributed by atoms with Gasteiger partial charge >= 0.3 is 0 Å². The van der Waals surface area contributed by atoms with Gasteiger partial charge in [0.05, 0.1) is 12.6 Å². The lowest BCUT2D eigenvalue weighted by molar-refractivity contribution is -0.205. The van der Waals surface area contributed by atoms with Gasteiger partial charge in [-0.05, 0) is 0 Å². The molecule has 1 fully saturated rings. The lowest BCUT2D eigenvalue weighted by Gasteiger charge is -2.32. The second kappa shape index (κ2) is 2.81. The molecule has 1 heterocycles. The fourth-order valence-electron chi connectivity index (χ4n) is 0.832. The molecule has 0 aromatic heterocycles. The fraction of sp³-hybridized carbons (Fsp3) is 1.00. The molecule has 0 aromatic rings. The summed E-state index contributed by atoms with van der Waals surface area (Å²) in [5, 5.41) is 26.7. The van der Waals surface area contributed by atoms with Crippen LogP contribution in [0.15, 0.2) is 0 Å². The molecule has 0 spiro atoms. The Morgan fingerprint density at radius 2 is 1.90 bits per heavy atom. The van der Waals surface area contributed by atoms with E-state index >= 15 is 0 Å². The van der Waals surface area contributed by atoms with Gasteiger partial charge in [0.1, 0.15) is 12.2 Å². The van der Waals surface area contributed by atoms with E-state index in [9.17, 15) is 0 Å². The minimum Gasteiger partial charge on any atom is -0.389 e. The summed E-state index contributed by atoms with van der Waals surface area (Å²) in [6, 6.07) is -0.913. The minimum atomic E-state index is -1.17. The van der Waals surface area contributed by atoms with E-state index in [1.165, 1.54) is 0 Å². The van der Waals surface area contributed by atoms with E-state index in [0.29, 0.717) is 0 Å². The van der Waals surface area contributed by atoms with Crippen LogP contribution in [0, 0.1) is 0 Å². The van der Waals surface area contributed by atoms with Gasteiger partial charge < -0.3 is 25.8 Å². The highest BCUT2D eigenvalue weighted by atomic mass is 16.6. The van der Waals surface area contributed by atoms with Crippen LogP contribution < -0.4 is 5.73 Å². The topological polar surface area (TPSA) is 95.9 Å². The molecule has 1 aliphatic rings. The average Bonchev–Trinajstić information content (AvgIpc) is 1.93. The maximum atomic E-state index is 9.00. The van der Waals surface area contributed by atoms with E-state index in [1.54, 1.807) is 0 Å². The highest BCUT2D eigenvalue weighted by Crippen LogP contribution is 2.10. The molecule has 5 nitrogen and oxygen atoms in total. The van der Waals surface area contributed by atoms with Gasteiger partial charge in [-0.25, -0.2) is 0 Å². The summed E-state index contributed by atoms with van der Waals surface area (Å²) in [6.07, 6.45) is -3.25. The van der Waals surface area contributed by atoms with Gasteiger partial charge in [0.15, 0.2) is 6.29 Å². The third-order valence-corrected chi connectivity index (χ3v) is 1.56. The van der Waals surface area contributed by atoms with Crippen molar-refractivity contribution in [2.75, 3.05) is 6.61 Å². The summed E-state index contributed by atoms with van der Waals surface area (Å²) in [5.74, 6) is 0. The summed E-state index contributed by atoms with van der Waals surface area (Å²) in [5.41, 5.74) is 5.23. The molecule has 10 heavy (non-hydrogen) atoms. The van der Waals surface area contributed by atoms with Gasteiger partial charge in [-0.3, -0.25) is 0 Å². The molecule has 0 aromatic carbocycles. The van der Waals surface area contributed by atoms with Crippen molar-refractivity contribution in [1.29, 1.82) is 0 Å². The minimum absolute atomic E-state index is 0.0734. The highest BCUT2D eigenvalue weighted by molar-refractivity contribution is 4.84. The third kappa shape index (κ3) is 1.28. The van der Waals surface area contributed by atoms with E-state index in [4.69, 9.17) is 21.1 Å². The zero-order chi connectivity index (χ0) is 7.72. The Hall–Kier alpha value is -0.200. The second-order valence-corrected chi connectivity index (χ2v) is 2.36. The first-order chi connectivity index (χ1) is 4.63. The first-order valence-electron chi connectivity index (χ1n) is 3.04. The van der Waals surface area contributed by atoms with Crippen molar-refractivity contribution in [2.24, 2.45) is 5.73 Å². The zero-order valence-corrected chi connectivity index (χ0v) is 5.34. The average molecular weight is 149 g/mol. The molecular weight excluding hydrogens is 138 g/mol. The number of hydrogen-bond acceptors (Lipinski definition) is 5. The monoisotopic (exact) mass is 149 g/mol. The maximum absolute atomic E-state index is 9.00. The predicted octanol–water partition coefficient (Wildman–Crippen LogP) is -2.62. The zero-order valence-electron chi connectivity index (χ0n) is 5.34. The predicted molar refractivity (Wildman–Crippen MR) is 31.9 cm³/mol. The second-order valence-electron chi connectivity index (χ2n) is 2.36. The van der Waals surface area contributed by atoms with Gasteiger partial charge in [-0.1, -0.05) is 0 Å². The summed E-state index contributed by atoms with van der Waals surface area (Å²) in [7, 11) is 0. The number of aliphatic hydroxyl groups excluding tert-OH is 3. The Morgan fingerprint density at radius 3 is 2.40 bits per heavy atom. The summed E-state index contributed by atoms with van der Waals surface area (Å²) >= 11 is 0. The summed E-state index contributed by atoms with van der Waals surface area (Å²) in [4.78, 5) is 0. The Morgan fingerprint density at radius 1 is 1.30 bits per heavy atom. The van der Waals surface area contributed by atoms with Crippen LogP contribution in [-0.2, 0) is 4.74 Å². The van der Waals surface area contributed by atoms with Gasteiger partial charge in [-0.15, -0.1) is 0 Å². The molecular formula is C5H11NO4. The van der Waals surface area contributed by atoms with E-state index < -0.39 is 24.5 Å². The van der Waals surface area contributed by atoms with Crippen molar-refractivity contribution >= 4 is 0 Å². The van der Waals surface area contributed by atoms with Crippen LogP contribution in [0.1, 0.15) is 0 Å². The van der Waals surface area contributed by atoms with Crippen LogP contribution in [0.25, 0.3) is 0 Å². The Kier molecular flexibility index (Phi) is 2.22. The van der Waals surface area contributed by atoms with Crippen LogP contribution in [0.3, 0.4) is 0 Å². The molecule has 0 amide bonds. The molecule has 0 bridgehead atoms. The summed E-state index contributed by atoms with van der Waals surface area (Å²) < 4.78 is 4.59. The molecule has 1 saturated heterocycles. The normalized spacial score (nSPS) is 49.2. The van der Waals surface area contributed by atoms with Crippen molar-refractivity contribution < 1.29 is 20.1 Å². The molecule has 4 atom stereocenters. The van der Waals surface area contributed by atoms with Crippen LogP contribution in [-0.4, -0.2) is 46.5 Å². The molecule has 0 saturated carbocycles. The molecule has 0 aliphatic carbocycles. The third-order valence-electron chi connectivity index (χ3n) is 1.56. The number of aliphatic hydroxyl groups is 3. The molecule has 0 unspecified atom stereocenters. The van der Waals surface area contributed by atoms with Gasteiger partial charge in [0.25, 0.3) is 0 Å². The van der Waals surface area contributed by atoms with E-state index in [1.807, 2.05) is 0 Å². The molecule has 5 N–H and O–H groups in total. The van der Waals surface area contributed by atoms with Crippen LogP contribution in [0.4, 0.5) is 0 Å². The lowest BCUT2D eigenvalue weighted by atomic mass is 10.0. The standard InChI is InChI=1S/C5H11NO4/c6-3-4(8)2(7)1-10-5(3)9/h2-5,7-9H,1,6H2/t2-,3-,4+,5+/m1/s1. The van der Waals surface area contributed by atoms with E-state index in [2.05, 4.69) is 4.74 Å².